The smallest absolute Gasteiger partial charge is 0.323 e. The lowest BCUT2D eigenvalue weighted by atomic mass is 9.47. The molecule has 3 nitrogen and oxygen atoms in total. The van der Waals surface area contributed by atoms with Crippen LogP contribution in [0.2, 0.25) is 6.82 Å². The molecule has 270 valence electrons. The van der Waals surface area contributed by atoms with Crippen molar-refractivity contribution >= 4 is 23.2 Å². The Bertz CT molecular complexity index is 1390. The van der Waals surface area contributed by atoms with Gasteiger partial charge in [0.25, 0.3) is 0 Å². The number of allylic oxidation sites excluding steroid dienone is 2. The molecule has 3 aromatic carbocycles. The van der Waals surface area contributed by atoms with E-state index in [1.807, 2.05) is 20.8 Å². The molecular formula is C45H69BO3. The zero-order chi connectivity index (χ0) is 36.0. The number of fused-ring (bicyclic) bond motifs is 1. The summed E-state index contributed by atoms with van der Waals surface area (Å²) in [4.78, 5) is 0. The fourth-order valence-electron chi connectivity index (χ4n) is 8.72. The third kappa shape index (κ3) is 11.6. The van der Waals surface area contributed by atoms with Crippen molar-refractivity contribution in [2.24, 2.45) is 23.7 Å². The van der Waals surface area contributed by atoms with Crippen LogP contribution in [0.4, 0.5) is 0 Å². The predicted molar refractivity (Wildman–Crippen MR) is 215 cm³/mol. The van der Waals surface area contributed by atoms with Gasteiger partial charge in [-0.3, -0.25) is 0 Å². The van der Waals surface area contributed by atoms with Crippen LogP contribution in [-0.4, -0.2) is 36.4 Å². The molecule has 7 rings (SSSR count). The molecule has 49 heavy (non-hydrogen) atoms. The first-order chi connectivity index (χ1) is 23.6. The van der Waals surface area contributed by atoms with Crippen molar-refractivity contribution < 1.29 is 14.9 Å². The molecule has 1 unspecified atom stereocenters. The van der Waals surface area contributed by atoms with Crippen LogP contribution < -0.4 is 5.46 Å². The summed E-state index contributed by atoms with van der Waals surface area (Å²) in [5.74, 6) is 3.43. The van der Waals surface area contributed by atoms with Crippen molar-refractivity contribution in [2.75, 3.05) is 13.2 Å². The molecule has 0 spiro atoms. The second kappa shape index (κ2) is 20.5. The van der Waals surface area contributed by atoms with E-state index in [1.54, 1.807) is 0 Å². The minimum Gasteiger partial charge on any atom is -0.431 e. The topological polar surface area (TPSA) is 49.7 Å². The Kier molecular flexibility index (Phi) is 17.1. The molecule has 4 aliphatic rings. The number of rotatable bonds is 11. The molecule has 4 saturated carbocycles. The van der Waals surface area contributed by atoms with Gasteiger partial charge in [0, 0.05) is 13.0 Å². The van der Waals surface area contributed by atoms with E-state index in [1.165, 1.54) is 96.3 Å². The number of benzene rings is 3. The quantitative estimate of drug-likeness (QED) is 0.121. The Morgan fingerprint density at radius 1 is 0.857 bits per heavy atom. The number of aliphatic hydroxyl groups is 2. The molecule has 0 saturated heterocycles. The average Bonchev–Trinajstić information content (AvgIpc) is 3.08. The van der Waals surface area contributed by atoms with E-state index in [0.717, 1.165) is 30.3 Å². The summed E-state index contributed by atoms with van der Waals surface area (Å²) < 4.78 is 5.80. The highest BCUT2D eigenvalue weighted by molar-refractivity contribution is 6.66. The van der Waals surface area contributed by atoms with Gasteiger partial charge >= 0.3 is 6.92 Å². The zero-order valence-electron chi connectivity index (χ0n) is 32.6. The molecule has 4 heteroatoms. The zero-order valence-corrected chi connectivity index (χ0v) is 32.6. The van der Waals surface area contributed by atoms with Crippen molar-refractivity contribution in [3.05, 3.63) is 77.9 Å². The lowest BCUT2D eigenvalue weighted by Crippen LogP contribution is -2.49. The van der Waals surface area contributed by atoms with Gasteiger partial charge in [0.05, 0.1) is 12.7 Å². The highest BCUT2D eigenvalue weighted by Crippen LogP contribution is 2.61. The Morgan fingerprint density at radius 2 is 1.41 bits per heavy atom. The van der Waals surface area contributed by atoms with Gasteiger partial charge in [-0.05, 0) is 132 Å². The van der Waals surface area contributed by atoms with E-state index in [-0.39, 0.29) is 18.9 Å². The molecule has 0 aliphatic heterocycles. The maximum absolute atomic E-state index is 10.4. The van der Waals surface area contributed by atoms with Gasteiger partial charge < -0.3 is 14.9 Å². The number of unbranched alkanes of at least 4 members (excludes halogenated alkanes) is 2. The Labute approximate surface area is 301 Å². The maximum Gasteiger partial charge on any atom is 0.323 e. The van der Waals surface area contributed by atoms with E-state index < -0.39 is 6.10 Å². The van der Waals surface area contributed by atoms with Crippen LogP contribution in [0.5, 0.6) is 0 Å². The van der Waals surface area contributed by atoms with E-state index in [0.29, 0.717) is 6.42 Å². The molecule has 4 bridgehead atoms. The number of aliphatic hydroxyl groups excluding tert-OH is 2. The van der Waals surface area contributed by atoms with Crippen molar-refractivity contribution in [2.45, 2.75) is 138 Å². The predicted octanol–water partition coefficient (Wildman–Crippen LogP) is 11.2. The van der Waals surface area contributed by atoms with E-state index in [9.17, 15) is 10.2 Å². The summed E-state index contributed by atoms with van der Waals surface area (Å²) in [6.45, 7) is 19.6. The van der Waals surface area contributed by atoms with Crippen molar-refractivity contribution in [3.8, 4) is 11.1 Å². The minimum atomic E-state index is -0.697. The fourth-order valence-corrected chi connectivity index (χ4v) is 8.72. The van der Waals surface area contributed by atoms with E-state index >= 15 is 0 Å². The van der Waals surface area contributed by atoms with Gasteiger partial charge in [0.1, 0.15) is 0 Å². The van der Waals surface area contributed by atoms with Crippen LogP contribution in [-0.2, 0) is 16.5 Å². The van der Waals surface area contributed by atoms with Crippen LogP contribution in [0.25, 0.3) is 21.9 Å². The van der Waals surface area contributed by atoms with E-state index in [2.05, 4.69) is 108 Å². The molecule has 1 atom stereocenters. The van der Waals surface area contributed by atoms with Crippen LogP contribution >= 0.6 is 0 Å². The highest BCUT2D eigenvalue weighted by atomic mass is 16.4. The molecule has 4 aliphatic carbocycles. The molecule has 3 aromatic rings. The van der Waals surface area contributed by atoms with Crippen molar-refractivity contribution in [3.63, 3.8) is 0 Å². The fraction of sp³-hybridized carbons (Fsp3) is 0.600. The van der Waals surface area contributed by atoms with Gasteiger partial charge in [0.15, 0.2) is 0 Å². The molecule has 4 fully saturated rings. The molecule has 0 amide bonds. The summed E-state index contributed by atoms with van der Waals surface area (Å²) in [7, 11) is 0. The van der Waals surface area contributed by atoms with Crippen LogP contribution in [0.1, 0.15) is 124 Å². The van der Waals surface area contributed by atoms with Crippen molar-refractivity contribution in [1.29, 1.82) is 0 Å². The average molecular weight is 669 g/mol. The van der Waals surface area contributed by atoms with Crippen LogP contribution in [0.15, 0.2) is 66.7 Å². The number of hydrogen-bond donors (Lipinski definition) is 2. The van der Waals surface area contributed by atoms with Gasteiger partial charge in [-0.1, -0.05) is 122 Å². The summed E-state index contributed by atoms with van der Waals surface area (Å²) in [6, 6.07) is 20.3. The minimum absolute atomic E-state index is 0.101. The SMILES string of the molecule is C/C=C/CCCC.CC.CC(C)C.CCOB(C)c1ccc2cc(-c3ccc(CC(O)CO)c(C45CC6CC(CC(C6)C4)C5)c3)ccc2c1. The normalized spacial score (nSPS) is 22.6. The van der Waals surface area contributed by atoms with Crippen LogP contribution in [0.3, 0.4) is 0 Å². The maximum atomic E-state index is 10.4. The van der Waals surface area contributed by atoms with Crippen molar-refractivity contribution in [1.82, 2.24) is 0 Å². The van der Waals surface area contributed by atoms with Gasteiger partial charge in [-0.25, -0.2) is 0 Å². The summed E-state index contributed by atoms with van der Waals surface area (Å²) in [5, 5.41) is 22.4. The van der Waals surface area contributed by atoms with Crippen LogP contribution in [0, 0.1) is 23.7 Å². The second-order valence-corrected chi connectivity index (χ2v) is 15.5. The molecule has 0 heterocycles. The highest BCUT2D eigenvalue weighted by Gasteiger charge is 2.52. The monoisotopic (exact) mass is 669 g/mol. The summed E-state index contributed by atoms with van der Waals surface area (Å²) in [5.41, 5.74) is 6.65. The van der Waals surface area contributed by atoms with E-state index in [4.69, 9.17) is 4.65 Å². The third-order valence-electron chi connectivity index (χ3n) is 10.4. The largest absolute Gasteiger partial charge is 0.431 e. The lowest BCUT2D eigenvalue weighted by molar-refractivity contribution is -0.00589. The van der Waals surface area contributed by atoms with Gasteiger partial charge in [-0.2, -0.15) is 0 Å². The van der Waals surface area contributed by atoms with Gasteiger partial charge in [0.2, 0.25) is 0 Å². The molecular weight excluding hydrogens is 599 g/mol. The first kappa shape index (κ1) is 41.0. The first-order valence-corrected chi connectivity index (χ1v) is 19.8. The standard InChI is InChI=1S/C32H39BO3.C7H14.C4H10.C2H6/c1-3-36-33(2)29-9-8-25-13-24(4-5-26(25)14-29)27-6-7-28(15-30(35)20-34)31(16-27)32-17-21-10-22(18-32)12-23(11-21)19-32;1-3-5-7-6-4-2;1-4(2)3;1-2/h4-9,13-14,16,21-23,30,34-35H,3,10-12,15,17-20H2,1-2H3;3,5H,4,6-7H2,1-2H3;4H,1-3H3;1-2H3/b;5-3+;;. The molecule has 0 aromatic heterocycles. The second-order valence-electron chi connectivity index (χ2n) is 15.5. The Hall–Kier alpha value is -2.40. The summed E-state index contributed by atoms with van der Waals surface area (Å²) >= 11 is 0. The first-order valence-electron chi connectivity index (χ1n) is 19.8. The third-order valence-corrected chi connectivity index (χ3v) is 10.4. The lowest BCUT2D eigenvalue weighted by Gasteiger charge is -2.57. The van der Waals surface area contributed by atoms with Gasteiger partial charge in [-0.15, -0.1) is 0 Å². The Balaban J connectivity index is 0.000000432. The number of hydrogen-bond acceptors (Lipinski definition) is 3. The molecule has 0 radical (unpaired) electrons. The summed E-state index contributed by atoms with van der Waals surface area (Å²) in [6.07, 6.45) is 16.2. The molecule has 2 N–H and O–H groups in total. The Morgan fingerprint density at radius 3 is 1.96 bits per heavy atom.